The Balaban J connectivity index is 3.06. The van der Waals surface area contributed by atoms with Gasteiger partial charge in [-0.2, -0.15) is 13.2 Å². The van der Waals surface area contributed by atoms with E-state index in [0.29, 0.717) is 17.3 Å². The molecule has 5 heteroatoms. The molecule has 1 rings (SSSR count). The number of anilines is 1. The fourth-order valence-electron chi connectivity index (χ4n) is 1.54. The van der Waals surface area contributed by atoms with E-state index in [4.69, 9.17) is 6.42 Å². The number of benzene rings is 1. The second-order valence-electron chi connectivity index (χ2n) is 3.85. The van der Waals surface area contributed by atoms with Crippen LogP contribution in [0.1, 0.15) is 25.3 Å². The smallest absolute Gasteiger partial charge is 0.381 e. The fourth-order valence-corrected chi connectivity index (χ4v) is 1.90. The summed E-state index contributed by atoms with van der Waals surface area (Å²) in [7, 11) is 0. The number of nitrogens with one attached hydrogen (secondary N) is 1. The molecule has 0 aliphatic heterocycles. The largest absolute Gasteiger partial charge is 0.418 e. The van der Waals surface area contributed by atoms with Crippen LogP contribution in [0.15, 0.2) is 22.7 Å². The molecule has 1 N–H and O–H groups in total. The van der Waals surface area contributed by atoms with Crippen molar-refractivity contribution in [2.45, 2.75) is 32.0 Å². The van der Waals surface area contributed by atoms with Gasteiger partial charge in [-0.1, -0.05) is 22.9 Å². The zero-order valence-corrected chi connectivity index (χ0v) is 11.4. The molecule has 1 aromatic rings. The highest BCUT2D eigenvalue weighted by molar-refractivity contribution is 9.10. The first-order valence-electron chi connectivity index (χ1n) is 5.45. The van der Waals surface area contributed by atoms with E-state index in [9.17, 15) is 13.2 Å². The van der Waals surface area contributed by atoms with Crippen LogP contribution in [-0.4, -0.2) is 6.04 Å². The molecule has 98 valence electrons. The van der Waals surface area contributed by atoms with Gasteiger partial charge in [-0.3, -0.25) is 0 Å². The van der Waals surface area contributed by atoms with Gasteiger partial charge >= 0.3 is 6.18 Å². The molecule has 1 atom stereocenters. The lowest BCUT2D eigenvalue weighted by molar-refractivity contribution is -0.137. The van der Waals surface area contributed by atoms with Crippen LogP contribution >= 0.6 is 15.9 Å². The lowest BCUT2D eigenvalue weighted by Crippen LogP contribution is -2.20. The van der Waals surface area contributed by atoms with Crippen LogP contribution in [0.2, 0.25) is 0 Å². The molecule has 0 aliphatic rings. The third kappa shape index (κ3) is 3.95. The Labute approximate surface area is 113 Å². The van der Waals surface area contributed by atoms with Crippen LogP contribution in [-0.2, 0) is 6.18 Å². The minimum Gasteiger partial charge on any atom is -0.381 e. The second-order valence-corrected chi connectivity index (χ2v) is 4.76. The molecule has 0 saturated carbocycles. The molecule has 1 nitrogen and oxygen atoms in total. The summed E-state index contributed by atoms with van der Waals surface area (Å²) in [5.74, 6) is 2.46. The van der Waals surface area contributed by atoms with Crippen molar-refractivity contribution in [2.24, 2.45) is 0 Å². The van der Waals surface area contributed by atoms with Crippen molar-refractivity contribution in [3.05, 3.63) is 28.2 Å². The van der Waals surface area contributed by atoms with E-state index in [1.54, 1.807) is 0 Å². The summed E-state index contributed by atoms with van der Waals surface area (Å²) in [6.07, 6.45) is 1.86. The van der Waals surface area contributed by atoms with Crippen molar-refractivity contribution < 1.29 is 13.2 Å². The van der Waals surface area contributed by atoms with E-state index in [2.05, 4.69) is 27.2 Å². The van der Waals surface area contributed by atoms with Crippen molar-refractivity contribution in [1.29, 1.82) is 0 Å². The first kappa shape index (κ1) is 14.9. The molecule has 1 unspecified atom stereocenters. The van der Waals surface area contributed by atoms with Crippen molar-refractivity contribution in [1.82, 2.24) is 0 Å². The third-order valence-electron chi connectivity index (χ3n) is 2.50. The Kier molecular flexibility index (Phi) is 5.09. The zero-order valence-electron chi connectivity index (χ0n) is 9.81. The molecule has 0 aliphatic carbocycles. The molecule has 0 fully saturated rings. The highest BCUT2D eigenvalue weighted by atomic mass is 79.9. The molecule has 0 spiro atoms. The maximum Gasteiger partial charge on any atom is 0.418 e. The first-order valence-corrected chi connectivity index (χ1v) is 6.24. The Morgan fingerprint density at radius 3 is 2.61 bits per heavy atom. The van der Waals surface area contributed by atoms with E-state index in [1.807, 2.05) is 6.92 Å². The number of rotatable bonds is 4. The van der Waals surface area contributed by atoms with Crippen LogP contribution in [0.25, 0.3) is 0 Å². The van der Waals surface area contributed by atoms with Gasteiger partial charge in [0.15, 0.2) is 0 Å². The summed E-state index contributed by atoms with van der Waals surface area (Å²) in [5.41, 5.74) is -0.625. The summed E-state index contributed by atoms with van der Waals surface area (Å²) in [5, 5.41) is 2.85. The second kappa shape index (κ2) is 6.14. The minimum atomic E-state index is -4.38. The minimum absolute atomic E-state index is 0.0546. The van der Waals surface area contributed by atoms with E-state index < -0.39 is 11.7 Å². The number of hydrogen-bond acceptors (Lipinski definition) is 1. The maximum absolute atomic E-state index is 12.8. The molecular formula is C13H13BrF3N. The van der Waals surface area contributed by atoms with Crippen molar-refractivity contribution in [2.75, 3.05) is 5.32 Å². The topological polar surface area (TPSA) is 12.0 Å². The Bertz CT molecular complexity index is 449. The molecular weight excluding hydrogens is 307 g/mol. The van der Waals surface area contributed by atoms with Crippen LogP contribution in [0, 0.1) is 12.3 Å². The van der Waals surface area contributed by atoms with Gasteiger partial charge in [0.25, 0.3) is 0 Å². The quantitative estimate of drug-likeness (QED) is 0.794. The van der Waals surface area contributed by atoms with Crippen LogP contribution in [0.3, 0.4) is 0 Å². The molecule has 0 radical (unpaired) electrons. The lowest BCUT2D eigenvalue weighted by Gasteiger charge is -2.20. The highest BCUT2D eigenvalue weighted by Crippen LogP contribution is 2.36. The SMILES string of the molecule is C#CCC(CC)Nc1cc(Br)ccc1C(F)(F)F. The van der Waals surface area contributed by atoms with Gasteiger partial charge in [0.1, 0.15) is 0 Å². The Hall–Kier alpha value is -1.15. The number of alkyl halides is 3. The maximum atomic E-state index is 12.8. The fraction of sp³-hybridized carbons (Fsp3) is 0.385. The van der Waals surface area contributed by atoms with Crippen LogP contribution in [0.5, 0.6) is 0 Å². The summed E-state index contributed by atoms with van der Waals surface area (Å²) < 4.78 is 39.1. The molecule has 18 heavy (non-hydrogen) atoms. The van der Waals surface area contributed by atoms with Gasteiger partial charge in [-0.05, 0) is 24.6 Å². The van der Waals surface area contributed by atoms with Gasteiger partial charge < -0.3 is 5.32 Å². The van der Waals surface area contributed by atoms with Crippen LogP contribution in [0.4, 0.5) is 18.9 Å². The summed E-state index contributed by atoms with van der Waals surface area (Å²) in [4.78, 5) is 0. The molecule has 0 heterocycles. The van der Waals surface area contributed by atoms with Crippen molar-refractivity contribution in [3.63, 3.8) is 0 Å². The van der Waals surface area contributed by atoms with E-state index in [-0.39, 0.29) is 11.7 Å². The Morgan fingerprint density at radius 1 is 1.44 bits per heavy atom. The molecule has 1 aromatic carbocycles. The monoisotopic (exact) mass is 319 g/mol. The Morgan fingerprint density at radius 2 is 2.11 bits per heavy atom. The van der Waals surface area contributed by atoms with Gasteiger partial charge in [-0.15, -0.1) is 12.3 Å². The summed E-state index contributed by atoms with van der Waals surface area (Å²) >= 11 is 3.17. The van der Waals surface area contributed by atoms with E-state index in [0.717, 1.165) is 6.07 Å². The van der Waals surface area contributed by atoms with Gasteiger partial charge in [0, 0.05) is 22.6 Å². The number of terminal acetylenes is 1. The highest BCUT2D eigenvalue weighted by Gasteiger charge is 2.33. The van der Waals surface area contributed by atoms with E-state index >= 15 is 0 Å². The first-order chi connectivity index (χ1) is 8.38. The molecule has 0 aromatic heterocycles. The predicted octanol–water partition coefficient (Wildman–Crippen LogP) is 4.68. The molecule has 0 bridgehead atoms. The van der Waals surface area contributed by atoms with Gasteiger partial charge in [0.2, 0.25) is 0 Å². The lowest BCUT2D eigenvalue weighted by atomic mass is 10.1. The number of halogens is 4. The van der Waals surface area contributed by atoms with Crippen molar-refractivity contribution >= 4 is 21.6 Å². The molecule has 0 amide bonds. The van der Waals surface area contributed by atoms with E-state index in [1.165, 1.54) is 12.1 Å². The van der Waals surface area contributed by atoms with Gasteiger partial charge in [0.05, 0.1) is 5.56 Å². The van der Waals surface area contributed by atoms with Gasteiger partial charge in [-0.25, -0.2) is 0 Å². The molecule has 0 saturated heterocycles. The predicted molar refractivity (Wildman–Crippen MR) is 70.3 cm³/mol. The average molecular weight is 320 g/mol. The van der Waals surface area contributed by atoms with Crippen molar-refractivity contribution in [3.8, 4) is 12.3 Å². The summed E-state index contributed by atoms with van der Waals surface area (Å²) in [6.45, 7) is 1.88. The van der Waals surface area contributed by atoms with Crippen LogP contribution < -0.4 is 5.32 Å². The summed E-state index contributed by atoms with van der Waals surface area (Å²) in [6, 6.07) is 3.68. The standard InChI is InChI=1S/C13H13BrF3N/c1-3-5-10(4-2)18-12-8-9(14)6-7-11(12)13(15,16)17/h1,6-8,10,18H,4-5H2,2H3. The third-order valence-corrected chi connectivity index (χ3v) is 3.00. The normalized spacial score (nSPS) is 12.9. The average Bonchev–Trinajstić information content (AvgIpc) is 2.26. The number of hydrogen-bond donors (Lipinski definition) is 1. The zero-order chi connectivity index (χ0) is 13.8.